The van der Waals surface area contributed by atoms with Crippen LogP contribution in [-0.4, -0.2) is 43.3 Å². The normalized spacial score (nSPS) is 13.3. The van der Waals surface area contributed by atoms with E-state index in [1.54, 1.807) is 0 Å². The van der Waals surface area contributed by atoms with E-state index in [9.17, 15) is 9.59 Å². The van der Waals surface area contributed by atoms with Gasteiger partial charge in [0.1, 0.15) is 6.10 Å². The first-order chi connectivity index (χ1) is 6.85. The molecule has 0 aliphatic carbocycles. The average Bonchev–Trinajstić information content (AvgIpc) is 2.16. The first-order valence-electron chi connectivity index (χ1n) is 4.59. The quantitative estimate of drug-likeness (QED) is 0.541. The maximum atomic E-state index is 11.4. The summed E-state index contributed by atoms with van der Waals surface area (Å²) in [6.45, 7) is 3.16. The van der Waals surface area contributed by atoms with Gasteiger partial charge in [-0.25, -0.2) is 0 Å². The van der Waals surface area contributed by atoms with Crippen molar-refractivity contribution in [2.24, 2.45) is 11.1 Å². The number of nitrogens with two attached hydrogens (primary N) is 1. The molecule has 0 aromatic heterocycles. The number of rotatable bonds is 6. The minimum Gasteiger partial charge on any atom is -0.481 e. The maximum absolute atomic E-state index is 11.4. The summed E-state index contributed by atoms with van der Waals surface area (Å²) in [4.78, 5) is 22.1. The molecule has 0 spiro atoms. The number of hydrogen-bond donors (Lipinski definition) is 3. The lowest BCUT2D eigenvalue weighted by Crippen LogP contribution is -2.45. The zero-order valence-electron chi connectivity index (χ0n) is 9.24. The SMILES string of the molecule is COC(CN)C(=O)NCC(C)(C)C(=O)O. The number of ether oxygens (including phenoxy) is 1. The van der Waals surface area contributed by atoms with Crippen molar-refractivity contribution in [3.8, 4) is 0 Å². The van der Waals surface area contributed by atoms with E-state index in [-0.39, 0.29) is 13.1 Å². The molecule has 0 aliphatic rings. The van der Waals surface area contributed by atoms with E-state index in [2.05, 4.69) is 5.32 Å². The molecule has 0 bridgehead atoms. The fourth-order valence-corrected chi connectivity index (χ4v) is 0.808. The van der Waals surface area contributed by atoms with E-state index in [0.717, 1.165) is 0 Å². The number of aliphatic carboxylic acids is 1. The number of carboxylic acid groups (broad SMARTS) is 1. The molecule has 6 nitrogen and oxygen atoms in total. The number of nitrogens with one attached hydrogen (secondary N) is 1. The Bertz CT molecular complexity index is 236. The van der Waals surface area contributed by atoms with Crippen LogP contribution in [0.1, 0.15) is 13.8 Å². The summed E-state index contributed by atoms with van der Waals surface area (Å²) in [6.07, 6.45) is -0.727. The molecule has 0 fully saturated rings. The van der Waals surface area contributed by atoms with Gasteiger partial charge in [-0.1, -0.05) is 0 Å². The molecule has 1 unspecified atom stereocenters. The monoisotopic (exact) mass is 218 g/mol. The van der Waals surface area contributed by atoms with Gasteiger partial charge in [0.2, 0.25) is 5.91 Å². The minimum absolute atomic E-state index is 0.0427. The molecule has 0 radical (unpaired) electrons. The van der Waals surface area contributed by atoms with E-state index in [1.165, 1.54) is 21.0 Å². The molecule has 0 aromatic carbocycles. The Hall–Kier alpha value is -1.14. The van der Waals surface area contributed by atoms with Crippen molar-refractivity contribution in [3.05, 3.63) is 0 Å². The van der Waals surface area contributed by atoms with Crippen LogP contribution in [0.5, 0.6) is 0 Å². The van der Waals surface area contributed by atoms with E-state index in [0.29, 0.717) is 0 Å². The van der Waals surface area contributed by atoms with Gasteiger partial charge >= 0.3 is 5.97 Å². The summed E-state index contributed by atoms with van der Waals surface area (Å²) in [5.41, 5.74) is 4.28. The summed E-state index contributed by atoms with van der Waals surface area (Å²) < 4.78 is 4.80. The Morgan fingerprint density at radius 2 is 2.07 bits per heavy atom. The highest BCUT2D eigenvalue weighted by molar-refractivity contribution is 5.82. The minimum atomic E-state index is -0.997. The summed E-state index contributed by atoms with van der Waals surface area (Å²) in [5.74, 6) is -1.36. The van der Waals surface area contributed by atoms with Crippen molar-refractivity contribution in [1.29, 1.82) is 0 Å². The molecule has 0 rings (SSSR count). The van der Waals surface area contributed by atoms with Crippen molar-refractivity contribution in [2.75, 3.05) is 20.2 Å². The first-order valence-corrected chi connectivity index (χ1v) is 4.59. The highest BCUT2D eigenvalue weighted by Crippen LogP contribution is 2.13. The predicted octanol–water partition coefficient (Wildman–Crippen LogP) is -0.813. The second-order valence-electron chi connectivity index (χ2n) is 3.87. The standard InChI is InChI=1S/C9H18N2O4/c1-9(2,8(13)14)5-11-7(12)6(4-10)15-3/h6H,4-5,10H2,1-3H3,(H,11,12)(H,13,14). The second-order valence-corrected chi connectivity index (χ2v) is 3.87. The van der Waals surface area contributed by atoms with Gasteiger partial charge in [0.25, 0.3) is 0 Å². The second kappa shape index (κ2) is 5.67. The largest absolute Gasteiger partial charge is 0.481 e. The van der Waals surface area contributed by atoms with Crippen molar-refractivity contribution in [2.45, 2.75) is 20.0 Å². The van der Waals surface area contributed by atoms with Crippen molar-refractivity contribution in [3.63, 3.8) is 0 Å². The number of amides is 1. The van der Waals surface area contributed by atoms with Crippen LogP contribution in [-0.2, 0) is 14.3 Å². The lowest BCUT2D eigenvalue weighted by molar-refractivity contribution is -0.147. The van der Waals surface area contributed by atoms with Gasteiger partial charge < -0.3 is 20.9 Å². The Morgan fingerprint density at radius 3 is 2.40 bits per heavy atom. The molecule has 0 aliphatic heterocycles. The van der Waals surface area contributed by atoms with Crippen LogP contribution in [0.4, 0.5) is 0 Å². The van der Waals surface area contributed by atoms with E-state index in [4.69, 9.17) is 15.6 Å². The smallest absolute Gasteiger partial charge is 0.310 e. The lowest BCUT2D eigenvalue weighted by atomic mass is 9.94. The molecule has 0 aromatic rings. The number of carboxylic acids is 1. The number of hydrogen-bond acceptors (Lipinski definition) is 4. The van der Waals surface area contributed by atoms with Gasteiger partial charge in [-0.15, -0.1) is 0 Å². The average molecular weight is 218 g/mol. The van der Waals surface area contributed by atoms with Gasteiger partial charge in [-0.2, -0.15) is 0 Å². The summed E-state index contributed by atoms with van der Waals surface area (Å²) in [7, 11) is 1.37. The maximum Gasteiger partial charge on any atom is 0.310 e. The van der Waals surface area contributed by atoms with E-state index >= 15 is 0 Å². The Balaban J connectivity index is 4.16. The van der Waals surface area contributed by atoms with Crippen molar-refractivity contribution < 1.29 is 19.4 Å². The molecule has 4 N–H and O–H groups in total. The molecule has 0 saturated carbocycles. The summed E-state index contributed by atoms with van der Waals surface area (Å²) in [5, 5.41) is 11.3. The third-order valence-electron chi connectivity index (χ3n) is 2.07. The Kier molecular flexibility index (Phi) is 5.24. The highest BCUT2D eigenvalue weighted by atomic mass is 16.5. The van der Waals surface area contributed by atoms with Gasteiger partial charge in [0.05, 0.1) is 5.41 Å². The zero-order chi connectivity index (χ0) is 12.1. The fraction of sp³-hybridized carbons (Fsp3) is 0.778. The molecule has 6 heteroatoms. The summed E-state index contributed by atoms with van der Waals surface area (Å²) >= 11 is 0. The van der Waals surface area contributed by atoms with Gasteiger partial charge in [-0.3, -0.25) is 9.59 Å². The van der Waals surface area contributed by atoms with Crippen LogP contribution in [0.3, 0.4) is 0 Å². The van der Waals surface area contributed by atoms with Gasteiger partial charge in [0, 0.05) is 20.2 Å². The van der Waals surface area contributed by atoms with Crippen molar-refractivity contribution in [1.82, 2.24) is 5.32 Å². The van der Waals surface area contributed by atoms with Crippen LogP contribution in [0, 0.1) is 5.41 Å². The lowest BCUT2D eigenvalue weighted by Gasteiger charge is -2.21. The van der Waals surface area contributed by atoms with Crippen LogP contribution >= 0.6 is 0 Å². The molecular weight excluding hydrogens is 200 g/mol. The third-order valence-corrected chi connectivity index (χ3v) is 2.07. The Labute approximate surface area is 88.8 Å². The number of methoxy groups -OCH3 is 1. The predicted molar refractivity (Wildman–Crippen MR) is 54.3 cm³/mol. The Morgan fingerprint density at radius 1 is 1.53 bits per heavy atom. The topological polar surface area (TPSA) is 102 Å². The van der Waals surface area contributed by atoms with E-state index in [1.807, 2.05) is 0 Å². The highest BCUT2D eigenvalue weighted by Gasteiger charge is 2.28. The molecule has 0 heterocycles. The molecule has 1 atom stereocenters. The van der Waals surface area contributed by atoms with Crippen LogP contribution in [0.15, 0.2) is 0 Å². The molecular formula is C9H18N2O4. The first kappa shape index (κ1) is 13.9. The zero-order valence-corrected chi connectivity index (χ0v) is 9.24. The van der Waals surface area contributed by atoms with Crippen molar-refractivity contribution >= 4 is 11.9 Å². The van der Waals surface area contributed by atoms with Gasteiger partial charge in [0.15, 0.2) is 0 Å². The van der Waals surface area contributed by atoms with Gasteiger partial charge in [-0.05, 0) is 13.8 Å². The van der Waals surface area contributed by atoms with Crippen LogP contribution in [0.2, 0.25) is 0 Å². The third kappa shape index (κ3) is 4.26. The van der Waals surface area contributed by atoms with Crippen LogP contribution < -0.4 is 11.1 Å². The van der Waals surface area contributed by atoms with Crippen LogP contribution in [0.25, 0.3) is 0 Å². The molecule has 15 heavy (non-hydrogen) atoms. The number of carbonyl (C=O) groups excluding carboxylic acids is 1. The summed E-state index contributed by atoms with van der Waals surface area (Å²) in [6, 6.07) is 0. The molecule has 88 valence electrons. The number of carbonyl (C=O) groups is 2. The van der Waals surface area contributed by atoms with E-state index < -0.39 is 23.4 Å². The fourth-order valence-electron chi connectivity index (χ4n) is 0.808. The molecule has 0 saturated heterocycles. The molecule has 1 amide bonds.